The number of aromatic nitrogens is 1. The van der Waals surface area contributed by atoms with Crippen LogP contribution in [0, 0.1) is 0 Å². The topological polar surface area (TPSA) is 8.17 Å². The minimum absolute atomic E-state index is 1.08. The largest absolute Gasteiger partial charge is 0.310 e. The molecule has 13 aromatic rings. The van der Waals surface area contributed by atoms with E-state index in [1.807, 2.05) is 0 Å². The number of fused-ring (bicyclic) bond motifs is 7. The summed E-state index contributed by atoms with van der Waals surface area (Å²) in [6.45, 7) is 0. The van der Waals surface area contributed by atoms with Crippen LogP contribution in [0.25, 0.3) is 104 Å². The summed E-state index contributed by atoms with van der Waals surface area (Å²) < 4.78 is 2.40. The number of hydrogen-bond donors (Lipinski definition) is 0. The lowest BCUT2D eigenvalue weighted by Crippen LogP contribution is -2.10. The Morgan fingerprint density at radius 2 is 0.735 bits per heavy atom. The Hall–Kier alpha value is -8.98. The summed E-state index contributed by atoms with van der Waals surface area (Å²) in [6, 6.07) is 97.6. The van der Waals surface area contributed by atoms with Crippen LogP contribution < -0.4 is 4.90 Å². The molecule has 0 atom stereocenters. The molecule has 0 saturated heterocycles. The molecule has 0 radical (unpaired) electrons. The van der Waals surface area contributed by atoms with E-state index in [1.165, 1.54) is 82.0 Å². The van der Waals surface area contributed by atoms with Gasteiger partial charge in [-0.05, 0) is 144 Å². The molecule has 0 bridgehead atoms. The van der Waals surface area contributed by atoms with Crippen molar-refractivity contribution in [3.05, 3.63) is 267 Å². The highest BCUT2D eigenvalue weighted by molar-refractivity contribution is 6.22. The van der Waals surface area contributed by atoms with Gasteiger partial charge in [-0.25, -0.2) is 0 Å². The van der Waals surface area contributed by atoms with Gasteiger partial charge >= 0.3 is 0 Å². The molecule has 12 aromatic carbocycles. The number of nitrogens with zero attached hydrogens (tertiary/aromatic N) is 2. The van der Waals surface area contributed by atoms with E-state index in [1.54, 1.807) is 0 Å². The molecule has 0 aliphatic rings. The average molecular weight is 865 g/mol. The minimum atomic E-state index is 1.08. The number of hydrogen-bond acceptors (Lipinski definition) is 1. The summed E-state index contributed by atoms with van der Waals surface area (Å²) in [5, 5.41) is 9.93. The van der Waals surface area contributed by atoms with Gasteiger partial charge in [-0.2, -0.15) is 0 Å². The van der Waals surface area contributed by atoms with E-state index in [2.05, 4.69) is 276 Å². The Morgan fingerprint density at radius 1 is 0.235 bits per heavy atom. The second-order valence-electron chi connectivity index (χ2n) is 17.7. The van der Waals surface area contributed by atoms with Crippen molar-refractivity contribution in [2.24, 2.45) is 0 Å². The predicted molar refractivity (Wildman–Crippen MR) is 290 cm³/mol. The predicted octanol–water partition coefficient (Wildman–Crippen LogP) is 18.4. The number of anilines is 3. The molecule has 0 fully saturated rings. The maximum Gasteiger partial charge on any atom is 0.0561 e. The Kier molecular flexibility index (Phi) is 9.54. The summed E-state index contributed by atoms with van der Waals surface area (Å²) in [6.07, 6.45) is 0. The fraction of sp³-hybridized carbons (Fsp3) is 0. The molecule has 0 unspecified atom stereocenters. The van der Waals surface area contributed by atoms with Crippen LogP contribution in [0.3, 0.4) is 0 Å². The number of para-hydroxylation sites is 2. The zero-order valence-corrected chi connectivity index (χ0v) is 37.3. The van der Waals surface area contributed by atoms with E-state index >= 15 is 0 Å². The van der Waals surface area contributed by atoms with Crippen LogP contribution in [-0.4, -0.2) is 4.57 Å². The van der Waals surface area contributed by atoms with Gasteiger partial charge in [0.15, 0.2) is 0 Å². The normalized spacial score (nSPS) is 11.5. The Bertz CT molecular complexity index is 4000. The summed E-state index contributed by atoms with van der Waals surface area (Å²) in [5.74, 6) is 0. The molecule has 1 heterocycles. The summed E-state index contributed by atoms with van der Waals surface area (Å²) in [4.78, 5) is 2.41. The van der Waals surface area contributed by atoms with Gasteiger partial charge in [0.05, 0.1) is 11.0 Å². The summed E-state index contributed by atoms with van der Waals surface area (Å²) >= 11 is 0. The molecule has 318 valence electrons. The highest BCUT2D eigenvalue weighted by atomic mass is 15.1. The van der Waals surface area contributed by atoms with Crippen molar-refractivity contribution >= 4 is 71.2 Å². The fourth-order valence-electron chi connectivity index (χ4n) is 10.6. The first-order chi connectivity index (χ1) is 33.7. The minimum Gasteiger partial charge on any atom is -0.310 e. The molecule has 0 saturated carbocycles. The zero-order chi connectivity index (χ0) is 45.0. The molecular formula is C66H44N2. The molecular weight excluding hydrogens is 821 g/mol. The third-order valence-electron chi connectivity index (χ3n) is 13.7. The fourth-order valence-corrected chi connectivity index (χ4v) is 10.6. The van der Waals surface area contributed by atoms with E-state index < -0.39 is 0 Å². The molecule has 2 nitrogen and oxygen atoms in total. The Morgan fingerprint density at radius 3 is 1.50 bits per heavy atom. The van der Waals surface area contributed by atoms with Crippen molar-refractivity contribution in [1.29, 1.82) is 0 Å². The smallest absolute Gasteiger partial charge is 0.0561 e. The van der Waals surface area contributed by atoms with Gasteiger partial charge in [0.25, 0.3) is 0 Å². The first kappa shape index (κ1) is 39.4. The molecule has 0 N–H and O–H groups in total. The molecule has 68 heavy (non-hydrogen) atoms. The van der Waals surface area contributed by atoms with Gasteiger partial charge in [-0.15, -0.1) is 0 Å². The number of rotatable bonds is 8. The van der Waals surface area contributed by atoms with E-state index in [9.17, 15) is 0 Å². The van der Waals surface area contributed by atoms with Gasteiger partial charge in [0, 0.05) is 33.5 Å². The molecule has 0 aliphatic carbocycles. The highest BCUT2D eigenvalue weighted by Crippen LogP contribution is 2.47. The first-order valence-corrected chi connectivity index (χ1v) is 23.4. The average Bonchev–Trinajstić information content (AvgIpc) is 3.75. The van der Waals surface area contributed by atoms with Crippen LogP contribution in [0.1, 0.15) is 0 Å². The van der Waals surface area contributed by atoms with Crippen molar-refractivity contribution in [1.82, 2.24) is 4.57 Å². The quantitative estimate of drug-likeness (QED) is 0.138. The molecule has 0 amide bonds. The van der Waals surface area contributed by atoms with Crippen LogP contribution in [0.5, 0.6) is 0 Å². The maximum absolute atomic E-state index is 2.42. The second-order valence-corrected chi connectivity index (χ2v) is 17.7. The van der Waals surface area contributed by atoms with Crippen molar-refractivity contribution in [3.63, 3.8) is 0 Å². The van der Waals surface area contributed by atoms with Gasteiger partial charge in [0.2, 0.25) is 0 Å². The standard InChI is InChI=1S/C66H44N2/c1-4-18-47(19-5-1)65-61-29-13-12-27-57(61)58-39-35-52(43-62(58)66(65)48-20-6-2-7-21-48)50-23-16-26-55(42-50)67(54-36-33-46(34-37-54)51-32-31-45-17-10-11-22-49(45)41-51)56-38-40-60-59-28-14-15-30-63(59)68(64(60)44-56)53-24-8-3-9-25-53/h1-44H. The lowest BCUT2D eigenvalue weighted by Gasteiger charge is -2.27. The molecule has 1 aromatic heterocycles. The summed E-state index contributed by atoms with van der Waals surface area (Å²) in [7, 11) is 0. The lowest BCUT2D eigenvalue weighted by molar-refractivity contribution is 1.18. The SMILES string of the molecule is c1ccc(-c2c(-c3ccccc3)c3cc(-c4cccc(N(c5ccc(-c6ccc7ccccc7c6)cc5)c5ccc6c7ccccc7n(-c7ccccc7)c6c5)c4)ccc3c3ccccc23)cc1. The maximum atomic E-state index is 2.42. The van der Waals surface area contributed by atoms with Gasteiger partial charge < -0.3 is 9.47 Å². The van der Waals surface area contributed by atoms with Crippen LogP contribution >= 0.6 is 0 Å². The van der Waals surface area contributed by atoms with Gasteiger partial charge in [-0.1, -0.05) is 200 Å². The molecule has 0 aliphatic heterocycles. The Labute approximate surface area is 395 Å². The third kappa shape index (κ3) is 6.73. The van der Waals surface area contributed by atoms with Crippen LogP contribution in [0.4, 0.5) is 17.1 Å². The van der Waals surface area contributed by atoms with Crippen LogP contribution in [-0.2, 0) is 0 Å². The molecule has 2 heteroatoms. The van der Waals surface area contributed by atoms with E-state index in [4.69, 9.17) is 0 Å². The third-order valence-corrected chi connectivity index (χ3v) is 13.7. The van der Waals surface area contributed by atoms with Gasteiger partial charge in [0.1, 0.15) is 0 Å². The van der Waals surface area contributed by atoms with Crippen LogP contribution in [0.15, 0.2) is 267 Å². The van der Waals surface area contributed by atoms with Crippen molar-refractivity contribution < 1.29 is 0 Å². The number of benzene rings is 12. The van der Waals surface area contributed by atoms with Gasteiger partial charge in [-0.3, -0.25) is 0 Å². The Balaban J connectivity index is 1.00. The molecule has 0 spiro atoms. The lowest BCUT2D eigenvalue weighted by atomic mass is 9.84. The van der Waals surface area contributed by atoms with Crippen molar-refractivity contribution in [3.8, 4) is 50.2 Å². The molecule has 13 rings (SSSR count). The first-order valence-electron chi connectivity index (χ1n) is 23.4. The van der Waals surface area contributed by atoms with Crippen molar-refractivity contribution in [2.75, 3.05) is 4.90 Å². The highest BCUT2D eigenvalue weighted by Gasteiger charge is 2.21. The summed E-state index contributed by atoms with van der Waals surface area (Å²) in [5.41, 5.74) is 16.3. The van der Waals surface area contributed by atoms with E-state index in [0.29, 0.717) is 0 Å². The van der Waals surface area contributed by atoms with Crippen molar-refractivity contribution in [2.45, 2.75) is 0 Å². The zero-order valence-electron chi connectivity index (χ0n) is 37.3. The second kappa shape index (κ2) is 16.5. The monoisotopic (exact) mass is 864 g/mol. The van der Waals surface area contributed by atoms with E-state index in [-0.39, 0.29) is 0 Å². The van der Waals surface area contributed by atoms with Crippen LogP contribution in [0.2, 0.25) is 0 Å². The van der Waals surface area contributed by atoms with E-state index in [0.717, 1.165) is 39.4 Å².